The average Bonchev–Trinajstić information content (AvgIpc) is 2.64. The number of nitro groups is 1. The summed E-state index contributed by atoms with van der Waals surface area (Å²) in [6.45, 7) is 0. The molecule has 0 aliphatic carbocycles. The van der Waals surface area contributed by atoms with Crippen LogP contribution < -0.4 is 9.47 Å². The van der Waals surface area contributed by atoms with Gasteiger partial charge in [0.2, 0.25) is 0 Å². The summed E-state index contributed by atoms with van der Waals surface area (Å²) in [5.74, 6) is 2.76. The van der Waals surface area contributed by atoms with Crippen molar-refractivity contribution in [1.82, 2.24) is 0 Å². The van der Waals surface area contributed by atoms with Crippen LogP contribution in [0.3, 0.4) is 0 Å². The zero-order valence-corrected chi connectivity index (χ0v) is 15.6. The molecule has 7 heteroatoms. The number of hydrogen-bond acceptors (Lipinski definition) is 6. The summed E-state index contributed by atoms with van der Waals surface area (Å²) in [6.07, 6.45) is 2.28. The summed E-state index contributed by atoms with van der Waals surface area (Å²) in [5.41, 5.74) is 2.07. The molecule has 0 atom stereocenters. The van der Waals surface area contributed by atoms with E-state index >= 15 is 0 Å². The molecule has 0 unspecified atom stereocenters. The second-order valence-corrected chi connectivity index (χ2v) is 7.17. The van der Waals surface area contributed by atoms with E-state index in [2.05, 4.69) is 6.20 Å². The predicted molar refractivity (Wildman–Crippen MR) is 102 cm³/mol. The second-order valence-electron chi connectivity index (χ2n) is 4.94. The minimum atomic E-state index is -0.535. The maximum atomic E-state index is 10.8. The van der Waals surface area contributed by atoms with E-state index in [0.29, 0.717) is 15.7 Å². The van der Waals surface area contributed by atoms with Gasteiger partial charge in [0.15, 0.2) is 0 Å². The minimum absolute atomic E-state index is 0.535. The third-order valence-electron chi connectivity index (χ3n) is 3.19. The SMILES string of the molecule is COc1cccc(CSC(=[C-][N+](=O)[O-])SCc2cccc(OC)c2)c1. The first-order chi connectivity index (χ1) is 12.1. The summed E-state index contributed by atoms with van der Waals surface area (Å²) in [5, 5.41) is 10.8. The van der Waals surface area contributed by atoms with Gasteiger partial charge in [0.25, 0.3) is 0 Å². The number of benzene rings is 2. The molecule has 0 fully saturated rings. The molecule has 0 saturated heterocycles. The quantitative estimate of drug-likeness (QED) is 0.272. The highest BCUT2D eigenvalue weighted by Crippen LogP contribution is 2.34. The van der Waals surface area contributed by atoms with Crippen molar-refractivity contribution in [3.05, 3.63) is 80.2 Å². The molecule has 25 heavy (non-hydrogen) atoms. The molecule has 0 saturated carbocycles. The Labute approximate surface area is 155 Å². The van der Waals surface area contributed by atoms with Crippen molar-refractivity contribution in [2.24, 2.45) is 0 Å². The normalized spacial score (nSPS) is 10.2. The van der Waals surface area contributed by atoms with E-state index in [1.54, 1.807) is 14.2 Å². The van der Waals surface area contributed by atoms with Gasteiger partial charge in [-0.25, -0.2) is 0 Å². The van der Waals surface area contributed by atoms with Gasteiger partial charge in [-0.05, 0) is 35.4 Å². The van der Waals surface area contributed by atoms with Gasteiger partial charge in [-0.3, -0.25) is 10.1 Å². The van der Waals surface area contributed by atoms with E-state index < -0.39 is 4.92 Å². The van der Waals surface area contributed by atoms with Gasteiger partial charge in [0.05, 0.1) is 14.2 Å². The van der Waals surface area contributed by atoms with Crippen LogP contribution in [0.5, 0.6) is 11.5 Å². The number of nitrogens with zero attached hydrogens (tertiary/aromatic N) is 1. The molecule has 0 spiro atoms. The second kappa shape index (κ2) is 10.0. The lowest BCUT2D eigenvalue weighted by molar-refractivity contribution is -0.419. The highest BCUT2D eigenvalue weighted by atomic mass is 32.2. The van der Waals surface area contributed by atoms with Crippen LogP contribution >= 0.6 is 23.5 Å². The molecule has 132 valence electrons. The molecule has 0 heterocycles. The number of ether oxygens (including phenoxy) is 2. The average molecular weight is 376 g/mol. The Morgan fingerprint density at radius 1 is 1.00 bits per heavy atom. The Hall–Kier alpha value is -2.12. The molecular weight excluding hydrogens is 358 g/mol. The Morgan fingerprint density at radius 3 is 1.88 bits per heavy atom. The van der Waals surface area contributed by atoms with E-state index in [9.17, 15) is 10.1 Å². The standard InChI is InChI=1S/C18H18NO4S2/c1-22-16-7-3-5-14(9-16)12-24-18(11-19(20)21)25-13-15-6-4-8-17(10-15)23-2/h3-10H,12-13H2,1-2H3/q-1. The molecule has 0 aliphatic rings. The van der Waals surface area contributed by atoms with E-state index in [1.165, 1.54) is 23.5 Å². The number of thioether (sulfide) groups is 2. The molecule has 5 nitrogen and oxygen atoms in total. The third-order valence-corrected chi connectivity index (χ3v) is 5.56. The molecule has 2 aromatic carbocycles. The zero-order valence-electron chi connectivity index (χ0n) is 13.9. The Bertz CT molecular complexity index is 696. The molecule has 0 aromatic heterocycles. The van der Waals surface area contributed by atoms with Crippen molar-refractivity contribution in [2.45, 2.75) is 11.5 Å². The maximum absolute atomic E-state index is 10.8. The minimum Gasteiger partial charge on any atom is -0.497 e. The molecule has 0 bridgehead atoms. The van der Waals surface area contributed by atoms with Gasteiger partial charge in [0, 0.05) is 11.5 Å². The van der Waals surface area contributed by atoms with E-state index in [1.807, 2.05) is 48.5 Å². The van der Waals surface area contributed by atoms with Crippen molar-refractivity contribution < 1.29 is 14.4 Å². The van der Waals surface area contributed by atoms with Gasteiger partial charge in [-0.2, -0.15) is 0 Å². The molecule has 0 N–H and O–H groups in total. The van der Waals surface area contributed by atoms with Crippen LogP contribution in [0.4, 0.5) is 0 Å². The first-order valence-electron chi connectivity index (χ1n) is 7.40. The highest BCUT2D eigenvalue weighted by molar-refractivity contribution is 8.21. The van der Waals surface area contributed by atoms with Gasteiger partial charge < -0.3 is 9.47 Å². The van der Waals surface area contributed by atoms with Crippen molar-refractivity contribution in [3.63, 3.8) is 0 Å². The molecule has 2 aromatic rings. The van der Waals surface area contributed by atoms with Crippen LogP contribution in [0, 0.1) is 16.3 Å². The van der Waals surface area contributed by atoms with E-state index in [0.717, 1.165) is 22.6 Å². The number of methoxy groups -OCH3 is 2. The summed E-state index contributed by atoms with van der Waals surface area (Å²) in [6, 6.07) is 15.3. The van der Waals surface area contributed by atoms with Gasteiger partial charge in [-0.1, -0.05) is 34.7 Å². The molecular formula is C18H18NO4S2-. The van der Waals surface area contributed by atoms with Crippen molar-refractivity contribution in [3.8, 4) is 11.5 Å². The first kappa shape index (κ1) is 19.2. The van der Waals surface area contributed by atoms with Crippen LogP contribution in [-0.4, -0.2) is 19.1 Å². The molecule has 0 aliphatic heterocycles. The summed E-state index contributed by atoms with van der Waals surface area (Å²) in [7, 11) is 3.23. The van der Waals surface area contributed by atoms with Crippen LogP contribution in [0.15, 0.2) is 52.8 Å². The fourth-order valence-corrected chi connectivity index (χ4v) is 3.92. The lowest BCUT2D eigenvalue weighted by Crippen LogP contribution is -1.90. The predicted octanol–water partition coefficient (Wildman–Crippen LogP) is 4.75. The summed E-state index contributed by atoms with van der Waals surface area (Å²) >= 11 is 2.78. The van der Waals surface area contributed by atoms with Crippen LogP contribution in [0.2, 0.25) is 0 Å². The van der Waals surface area contributed by atoms with Gasteiger partial charge in [-0.15, -0.1) is 28.4 Å². The fraction of sp³-hybridized carbons (Fsp3) is 0.222. The van der Waals surface area contributed by atoms with E-state index in [4.69, 9.17) is 9.47 Å². The zero-order chi connectivity index (χ0) is 18.1. The monoisotopic (exact) mass is 376 g/mol. The van der Waals surface area contributed by atoms with Crippen molar-refractivity contribution in [2.75, 3.05) is 14.2 Å². The summed E-state index contributed by atoms with van der Waals surface area (Å²) < 4.78 is 10.9. The maximum Gasteiger partial charge on any atom is 0.119 e. The van der Waals surface area contributed by atoms with Gasteiger partial charge in [0.1, 0.15) is 11.5 Å². The first-order valence-corrected chi connectivity index (χ1v) is 9.37. The van der Waals surface area contributed by atoms with Crippen molar-refractivity contribution in [1.29, 1.82) is 0 Å². The van der Waals surface area contributed by atoms with E-state index in [-0.39, 0.29) is 0 Å². The smallest absolute Gasteiger partial charge is 0.119 e. The van der Waals surface area contributed by atoms with Gasteiger partial charge >= 0.3 is 0 Å². The lowest BCUT2D eigenvalue weighted by atomic mass is 10.2. The lowest BCUT2D eigenvalue weighted by Gasteiger charge is -2.13. The molecule has 0 radical (unpaired) electrons. The Balaban J connectivity index is 1.99. The topological polar surface area (TPSA) is 61.6 Å². The molecule has 0 amide bonds. The van der Waals surface area contributed by atoms with Crippen LogP contribution in [0.1, 0.15) is 11.1 Å². The Kier molecular flexibility index (Phi) is 7.69. The number of hydrogen-bond donors (Lipinski definition) is 0. The third kappa shape index (κ3) is 6.72. The van der Waals surface area contributed by atoms with Crippen LogP contribution in [0.25, 0.3) is 0 Å². The number of rotatable bonds is 9. The Morgan fingerprint density at radius 2 is 1.48 bits per heavy atom. The fourth-order valence-electron chi connectivity index (χ4n) is 2.00. The largest absolute Gasteiger partial charge is 0.497 e. The molecule has 2 rings (SSSR count). The van der Waals surface area contributed by atoms with Crippen LogP contribution in [-0.2, 0) is 11.5 Å². The van der Waals surface area contributed by atoms with Crippen molar-refractivity contribution >= 4 is 23.5 Å². The summed E-state index contributed by atoms with van der Waals surface area (Å²) in [4.78, 5) is 10.3. The highest BCUT2D eigenvalue weighted by Gasteiger charge is 2.02.